The Kier molecular flexibility index (Phi) is 6.14. The lowest BCUT2D eigenvalue weighted by molar-refractivity contribution is -0.111. The van der Waals surface area contributed by atoms with Gasteiger partial charge in [-0.3, -0.25) is 4.79 Å². The predicted octanol–water partition coefficient (Wildman–Crippen LogP) is 3.90. The van der Waals surface area contributed by atoms with Crippen LogP contribution in [0.1, 0.15) is 15.9 Å². The van der Waals surface area contributed by atoms with Crippen molar-refractivity contribution in [1.82, 2.24) is 0 Å². The van der Waals surface area contributed by atoms with Gasteiger partial charge in [-0.25, -0.2) is 4.79 Å². The fourth-order valence-electron chi connectivity index (χ4n) is 1.95. The number of hydrogen-bond acceptors (Lipinski definition) is 4. The first-order valence-corrected chi connectivity index (χ1v) is 7.84. The highest BCUT2D eigenvalue weighted by atomic mass is 79.9. The smallest absolute Gasteiger partial charge is 0.337 e. The lowest BCUT2D eigenvalue weighted by Gasteiger charge is -2.04. The summed E-state index contributed by atoms with van der Waals surface area (Å²) in [7, 11) is 2.91. The molecule has 0 radical (unpaired) electrons. The predicted molar refractivity (Wildman–Crippen MR) is 96.1 cm³/mol. The normalized spacial score (nSPS) is 10.5. The number of ether oxygens (including phenoxy) is 2. The summed E-state index contributed by atoms with van der Waals surface area (Å²) in [5, 5.41) is 2.72. The number of methoxy groups -OCH3 is 2. The largest absolute Gasteiger partial charge is 0.496 e. The number of carbonyl (C=O) groups is 2. The fraction of sp³-hybridized carbons (Fsp3) is 0.111. The molecule has 24 heavy (non-hydrogen) atoms. The maximum atomic E-state index is 11.9. The Hall–Kier alpha value is -2.60. The zero-order valence-corrected chi connectivity index (χ0v) is 14.8. The van der Waals surface area contributed by atoms with E-state index in [2.05, 4.69) is 26.0 Å². The van der Waals surface area contributed by atoms with E-state index in [9.17, 15) is 9.59 Å². The van der Waals surface area contributed by atoms with Crippen LogP contribution in [0.25, 0.3) is 6.08 Å². The highest BCUT2D eigenvalue weighted by Crippen LogP contribution is 2.25. The molecule has 124 valence electrons. The number of amides is 1. The molecular weight excluding hydrogens is 374 g/mol. The maximum Gasteiger partial charge on any atom is 0.337 e. The standard InChI is InChI=1S/C18H16BrNO4/c1-23-16-9-3-12(11-15(16)19)4-10-17(21)20-14-7-5-13(6-8-14)18(22)24-2/h3-11H,1-2H3,(H,20,21)/b10-4+. The summed E-state index contributed by atoms with van der Waals surface area (Å²) in [5.41, 5.74) is 1.88. The fourth-order valence-corrected chi connectivity index (χ4v) is 2.51. The highest BCUT2D eigenvalue weighted by Gasteiger charge is 2.05. The van der Waals surface area contributed by atoms with Gasteiger partial charge < -0.3 is 14.8 Å². The molecule has 5 nitrogen and oxygen atoms in total. The van der Waals surface area contributed by atoms with Crippen LogP contribution in [0.15, 0.2) is 53.0 Å². The van der Waals surface area contributed by atoms with Crippen molar-refractivity contribution in [3.8, 4) is 5.75 Å². The van der Waals surface area contributed by atoms with Gasteiger partial charge in [0.2, 0.25) is 5.91 Å². The Labute approximate surface area is 148 Å². The van der Waals surface area contributed by atoms with Gasteiger partial charge in [-0.2, -0.15) is 0 Å². The Morgan fingerprint density at radius 3 is 2.38 bits per heavy atom. The van der Waals surface area contributed by atoms with Crippen LogP contribution in [0.4, 0.5) is 5.69 Å². The van der Waals surface area contributed by atoms with Gasteiger partial charge in [0.05, 0.1) is 24.3 Å². The van der Waals surface area contributed by atoms with Crippen molar-refractivity contribution in [2.45, 2.75) is 0 Å². The molecule has 0 aromatic heterocycles. The van der Waals surface area contributed by atoms with Crippen LogP contribution in [0.3, 0.4) is 0 Å². The Bertz CT molecular complexity index is 769. The number of hydrogen-bond donors (Lipinski definition) is 1. The SMILES string of the molecule is COC(=O)c1ccc(NC(=O)/C=C/c2ccc(OC)c(Br)c2)cc1. The van der Waals surface area contributed by atoms with E-state index in [1.54, 1.807) is 37.5 Å². The third-order valence-corrected chi connectivity index (χ3v) is 3.80. The van der Waals surface area contributed by atoms with Gasteiger partial charge in [0.1, 0.15) is 5.75 Å². The third-order valence-electron chi connectivity index (χ3n) is 3.18. The number of rotatable bonds is 5. The molecule has 0 saturated heterocycles. The third kappa shape index (κ3) is 4.70. The minimum atomic E-state index is -0.419. The molecule has 0 aliphatic carbocycles. The van der Waals surface area contributed by atoms with Crippen molar-refractivity contribution in [2.24, 2.45) is 0 Å². The number of benzene rings is 2. The average Bonchev–Trinajstić information content (AvgIpc) is 2.60. The summed E-state index contributed by atoms with van der Waals surface area (Å²) in [5.74, 6) is 0.0351. The molecule has 0 aliphatic heterocycles. The Balaban J connectivity index is 2.00. The number of carbonyl (C=O) groups excluding carboxylic acids is 2. The van der Waals surface area contributed by atoms with Gasteiger partial charge in [0, 0.05) is 11.8 Å². The van der Waals surface area contributed by atoms with E-state index >= 15 is 0 Å². The van der Waals surface area contributed by atoms with Crippen molar-refractivity contribution >= 4 is 39.6 Å². The quantitative estimate of drug-likeness (QED) is 0.622. The molecule has 0 atom stereocenters. The molecule has 0 spiro atoms. The van der Waals surface area contributed by atoms with E-state index in [0.29, 0.717) is 11.3 Å². The first-order valence-electron chi connectivity index (χ1n) is 7.04. The van der Waals surface area contributed by atoms with E-state index < -0.39 is 5.97 Å². The van der Waals surface area contributed by atoms with Gasteiger partial charge in [0.15, 0.2) is 0 Å². The lowest BCUT2D eigenvalue weighted by atomic mass is 10.2. The zero-order valence-electron chi connectivity index (χ0n) is 13.2. The van der Waals surface area contributed by atoms with Crippen LogP contribution in [-0.2, 0) is 9.53 Å². The Morgan fingerprint density at radius 1 is 1.08 bits per heavy atom. The molecule has 0 bridgehead atoms. The van der Waals surface area contributed by atoms with Crippen LogP contribution in [0.2, 0.25) is 0 Å². The van der Waals surface area contributed by atoms with Crippen molar-refractivity contribution in [2.75, 3.05) is 19.5 Å². The van der Waals surface area contributed by atoms with Crippen LogP contribution < -0.4 is 10.1 Å². The molecule has 0 heterocycles. The first kappa shape index (κ1) is 17.7. The van der Waals surface area contributed by atoms with E-state index in [1.165, 1.54) is 13.2 Å². The maximum absolute atomic E-state index is 11.9. The van der Waals surface area contributed by atoms with Gasteiger partial charge in [-0.1, -0.05) is 6.07 Å². The zero-order chi connectivity index (χ0) is 17.5. The van der Waals surface area contributed by atoms with Crippen LogP contribution in [0, 0.1) is 0 Å². The Morgan fingerprint density at radius 2 is 1.79 bits per heavy atom. The second-order valence-electron chi connectivity index (χ2n) is 4.79. The van der Waals surface area contributed by atoms with Crippen LogP contribution in [0.5, 0.6) is 5.75 Å². The molecule has 0 saturated carbocycles. The average molecular weight is 390 g/mol. The molecule has 2 rings (SSSR count). The van der Waals surface area contributed by atoms with E-state index in [4.69, 9.17) is 4.74 Å². The van der Waals surface area contributed by atoms with Crippen molar-refractivity contribution in [3.63, 3.8) is 0 Å². The molecule has 2 aromatic carbocycles. The summed E-state index contributed by atoms with van der Waals surface area (Å²) in [6, 6.07) is 12.0. The molecule has 1 N–H and O–H groups in total. The molecule has 6 heteroatoms. The lowest BCUT2D eigenvalue weighted by Crippen LogP contribution is -2.08. The topological polar surface area (TPSA) is 64.6 Å². The highest BCUT2D eigenvalue weighted by molar-refractivity contribution is 9.10. The van der Waals surface area contributed by atoms with Gasteiger partial charge in [-0.15, -0.1) is 0 Å². The van der Waals surface area contributed by atoms with Crippen LogP contribution >= 0.6 is 15.9 Å². The van der Waals surface area contributed by atoms with E-state index in [0.717, 1.165) is 15.8 Å². The van der Waals surface area contributed by atoms with Gasteiger partial charge >= 0.3 is 5.97 Å². The van der Waals surface area contributed by atoms with Gasteiger partial charge in [0.25, 0.3) is 0 Å². The number of esters is 1. The van der Waals surface area contributed by atoms with Gasteiger partial charge in [-0.05, 0) is 64.0 Å². The molecule has 0 unspecified atom stereocenters. The number of anilines is 1. The van der Waals surface area contributed by atoms with Crippen molar-refractivity contribution in [1.29, 1.82) is 0 Å². The first-order chi connectivity index (χ1) is 11.5. The summed E-state index contributed by atoms with van der Waals surface area (Å²) in [4.78, 5) is 23.3. The second kappa shape index (κ2) is 8.31. The summed E-state index contributed by atoms with van der Waals surface area (Å²) < 4.78 is 10.6. The summed E-state index contributed by atoms with van der Waals surface area (Å²) in [6.45, 7) is 0. The minimum Gasteiger partial charge on any atom is -0.496 e. The van der Waals surface area contributed by atoms with Crippen molar-refractivity contribution < 1.29 is 19.1 Å². The van der Waals surface area contributed by atoms with Crippen LogP contribution in [-0.4, -0.2) is 26.1 Å². The molecular formula is C18H16BrNO4. The summed E-state index contributed by atoms with van der Waals surface area (Å²) in [6.07, 6.45) is 3.13. The summed E-state index contributed by atoms with van der Waals surface area (Å²) >= 11 is 3.40. The molecule has 2 aromatic rings. The van der Waals surface area contributed by atoms with E-state index in [-0.39, 0.29) is 5.91 Å². The number of halogens is 1. The minimum absolute atomic E-state index is 0.271. The van der Waals surface area contributed by atoms with Crippen molar-refractivity contribution in [3.05, 3.63) is 64.1 Å². The molecule has 1 amide bonds. The monoisotopic (exact) mass is 389 g/mol. The second-order valence-corrected chi connectivity index (χ2v) is 5.64. The molecule has 0 aliphatic rings. The number of nitrogens with one attached hydrogen (secondary N) is 1. The molecule has 0 fully saturated rings. The van der Waals surface area contributed by atoms with E-state index in [1.807, 2.05) is 18.2 Å².